The molecule has 4 rings (SSSR count). The van der Waals surface area contributed by atoms with Crippen molar-refractivity contribution in [3.8, 4) is 17.6 Å². The summed E-state index contributed by atoms with van der Waals surface area (Å²) in [4.78, 5) is 25.6. The van der Waals surface area contributed by atoms with Crippen molar-refractivity contribution in [1.82, 2.24) is 0 Å². The van der Waals surface area contributed by atoms with Crippen LogP contribution in [-0.4, -0.2) is 18.5 Å². The maximum Gasteiger partial charge on any atom is 0.344 e. The van der Waals surface area contributed by atoms with Crippen LogP contribution in [0.15, 0.2) is 95.0 Å². The third kappa shape index (κ3) is 5.80. The van der Waals surface area contributed by atoms with Gasteiger partial charge in [0.05, 0.1) is 12.2 Å². The molecule has 0 bridgehead atoms. The lowest BCUT2D eigenvalue weighted by Crippen LogP contribution is -2.13. The van der Waals surface area contributed by atoms with E-state index in [9.17, 15) is 14.9 Å². The number of amides is 1. The molecule has 0 aliphatic heterocycles. The zero-order valence-electron chi connectivity index (χ0n) is 19.3. The third-order valence-electron chi connectivity index (χ3n) is 5.26. The number of carbonyl (C=O) groups excluding carboxylic acids is 2. The Kier molecular flexibility index (Phi) is 7.79. The molecule has 0 spiro atoms. The zero-order valence-corrected chi connectivity index (χ0v) is 20.9. The number of esters is 1. The molecular weight excluding hydrogens is 520 g/mol. The summed E-state index contributed by atoms with van der Waals surface area (Å²) >= 11 is 3.34. The average Bonchev–Trinajstić information content (AvgIpc) is 2.89. The van der Waals surface area contributed by atoms with Gasteiger partial charge in [0.25, 0.3) is 5.91 Å². The lowest BCUT2D eigenvalue weighted by molar-refractivity contribution is -0.112. The number of nitrogens with zero attached hydrogens (tertiary/aromatic N) is 1. The molecule has 0 heterocycles. The highest BCUT2D eigenvalue weighted by Crippen LogP contribution is 2.31. The molecule has 0 aliphatic carbocycles. The van der Waals surface area contributed by atoms with Crippen molar-refractivity contribution in [2.45, 2.75) is 6.92 Å². The van der Waals surface area contributed by atoms with Crippen molar-refractivity contribution in [2.75, 3.05) is 11.9 Å². The summed E-state index contributed by atoms with van der Waals surface area (Å²) in [7, 11) is 0. The second-order valence-corrected chi connectivity index (χ2v) is 8.60. The van der Waals surface area contributed by atoms with Gasteiger partial charge < -0.3 is 14.8 Å². The number of halogens is 1. The van der Waals surface area contributed by atoms with Crippen LogP contribution in [0.2, 0.25) is 0 Å². The number of anilines is 1. The minimum Gasteiger partial charge on any atom is -0.490 e. The summed E-state index contributed by atoms with van der Waals surface area (Å²) < 4.78 is 12.2. The Labute approximate surface area is 216 Å². The van der Waals surface area contributed by atoms with E-state index in [0.717, 1.165) is 15.2 Å². The van der Waals surface area contributed by atoms with Crippen LogP contribution in [0.4, 0.5) is 5.69 Å². The van der Waals surface area contributed by atoms with Crippen molar-refractivity contribution in [2.24, 2.45) is 0 Å². The van der Waals surface area contributed by atoms with E-state index in [-0.39, 0.29) is 11.3 Å². The topological polar surface area (TPSA) is 88.4 Å². The molecule has 6 nitrogen and oxygen atoms in total. The van der Waals surface area contributed by atoms with Crippen LogP contribution in [0, 0.1) is 11.3 Å². The number of carbonyl (C=O) groups is 2. The van der Waals surface area contributed by atoms with Crippen LogP contribution in [-0.2, 0) is 4.79 Å². The summed E-state index contributed by atoms with van der Waals surface area (Å²) in [5.41, 5.74) is 1.47. The van der Waals surface area contributed by atoms with E-state index >= 15 is 0 Å². The summed E-state index contributed by atoms with van der Waals surface area (Å²) in [5, 5.41) is 14.0. The fourth-order valence-corrected chi connectivity index (χ4v) is 3.84. The highest BCUT2D eigenvalue weighted by atomic mass is 79.9. The maximum atomic E-state index is 13.0. The largest absolute Gasteiger partial charge is 0.490 e. The van der Waals surface area contributed by atoms with Gasteiger partial charge in [-0.05, 0) is 71.8 Å². The molecule has 0 atom stereocenters. The lowest BCUT2D eigenvalue weighted by Gasteiger charge is -2.12. The molecule has 7 heteroatoms. The standard InChI is InChI=1S/C29H21BrN2O4/c1-2-35-27-17-19(16-21(18-31)28(33)32-23-13-11-22(30)12-14-23)10-15-26(27)36-29(34)25-9-5-7-20-6-3-4-8-24(20)25/h3-17H,2H2,1H3,(H,32,33)/b21-16+. The normalized spacial score (nSPS) is 11.0. The first-order valence-corrected chi connectivity index (χ1v) is 11.9. The third-order valence-corrected chi connectivity index (χ3v) is 5.79. The van der Waals surface area contributed by atoms with Crippen LogP contribution < -0.4 is 14.8 Å². The van der Waals surface area contributed by atoms with E-state index in [1.54, 1.807) is 54.6 Å². The van der Waals surface area contributed by atoms with Crippen molar-refractivity contribution in [3.63, 3.8) is 0 Å². The Hall–Kier alpha value is -4.41. The van der Waals surface area contributed by atoms with Gasteiger partial charge in [0.1, 0.15) is 11.6 Å². The number of ether oxygens (including phenoxy) is 2. The SMILES string of the molecule is CCOc1cc(/C=C(\C#N)C(=O)Nc2ccc(Br)cc2)ccc1OC(=O)c1cccc2ccccc12. The van der Waals surface area contributed by atoms with Gasteiger partial charge in [-0.15, -0.1) is 0 Å². The van der Waals surface area contributed by atoms with E-state index in [4.69, 9.17) is 9.47 Å². The van der Waals surface area contributed by atoms with Crippen molar-refractivity contribution >= 4 is 50.3 Å². The van der Waals surface area contributed by atoms with Crippen molar-refractivity contribution in [1.29, 1.82) is 5.26 Å². The molecule has 0 fully saturated rings. The zero-order chi connectivity index (χ0) is 25.5. The highest BCUT2D eigenvalue weighted by molar-refractivity contribution is 9.10. The second-order valence-electron chi connectivity index (χ2n) is 7.69. The van der Waals surface area contributed by atoms with E-state index < -0.39 is 11.9 Å². The minimum absolute atomic E-state index is 0.0825. The van der Waals surface area contributed by atoms with Crippen LogP contribution >= 0.6 is 15.9 Å². The molecule has 1 N–H and O–H groups in total. The fourth-order valence-electron chi connectivity index (χ4n) is 3.57. The predicted molar refractivity (Wildman–Crippen MR) is 143 cm³/mol. The molecule has 0 aromatic heterocycles. The van der Waals surface area contributed by atoms with Gasteiger partial charge in [-0.1, -0.05) is 58.4 Å². The van der Waals surface area contributed by atoms with Crippen molar-refractivity contribution < 1.29 is 19.1 Å². The molecule has 4 aromatic carbocycles. The molecule has 0 saturated carbocycles. The number of hydrogen-bond donors (Lipinski definition) is 1. The second kappa shape index (κ2) is 11.3. The van der Waals surface area contributed by atoms with E-state index in [2.05, 4.69) is 21.2 Å². The van der Waals surface area contributed by atoms with E-state index in [1.165, 1.54) is 6.08 Å². The number of fused-ring (bicyclic) bond motifs is 1. The van der Waals surface area contributed by atoms with Crippen LogP contribution in [0.25, 0.3) is 16.8 Å². The number of nitriles is 1. The Balaban J connectivity index is 1.58. The summed E-state index contributed by atoms with van der Waals surface area (Å²) in [6.07, 6.45) is 1.45. The smallest absolute Gasteiger partial charge is 0.344 e. The van der Waals surface area contributed by atoms with Gasteiger partial charge in [-0.2, -0.15) is 5.26 Å². The quantitative estimate of drug-likeness (QED) is 0.121. The van der Waals surface area contributed by atoms with Crippen LogP contribution in [0.1, 0.15) is 22.8 Å². The molecule has 0 unspecified atom stereocenters. The lowest BCUT2D eigenvalue weighted by atomic mass is 10.0. The first kappa shape index (κ1) is 24.7. The molecule has 0 aliphatic rings. The van der Waals surface area contributed by atoms with Crippen LogP contribution in [0.5, 0.6) is 11.5 Å². The van der Waals surface area contributed by atoms with Crippen molar-refractivity contribution in [3.05, 3.63) is 106 Å². The summed E-state index contributed by atoms with van der Waals surface area (Å²) in [5.74, 6) is -0.484. The number of hydrogen-bond acceptors (Lipinski definition) is 5. The first-order valence-electron chi connectivity index (χ1n) is 11.1. The monoisotopic (exact) mass is 540 g/mol. The highest BCUT2D eigenvalue weighted by Gasteiger charge is 2.16. The number of nitrogens with one attached hydrogen (secondary N) is 1. The van der Waals surface area contributed by atoms with Gasteiger partial charge in [-0.3, -0.25) is 4.79 Å². The predicted octanol–water partition coefficient (Wildman–Crippen LogP) is 6.77. The molecule has 0 radical (unpaired) electrons. The Bertz CT molecular complexity index is 1500. The Morgan fingerprint density at radius 1 is 0.972 bits per heavy atom. The minimum atomic E-state index is -0.538. The molecular formula is C29H21BrN2O4. The van der Waals surface area contributed by atoms with Gasteiger partial charge in [0.15, 0.2) is 11.5 Å². The van der Waals surface area contributed by atoms with Gasteiger partial charge >= 0.3 is 5.97 Å². The molecule has 0 saturated heterocycles. The fraction of sp³-hybridized carbons (Fsp3) is 0.0690. The molecule has 178 valence electrons. The van der Waals surface area contributed by atoms with Gasteiger partial charge in [-0.25, -0.2) is 4.79 Å². The number of benzene rings is 4. The molecule has 1 amide bonds. The van der Waals surface area contributed by atoms with E-state index in [0.29, 0.717) is 29.2 Å². The Morgan fingerprint density at radius 2 is 1.72 bits per heavy atom. The first-order chi connectivity index (χ1) is 17.5. The molecule has 4 aromatic rings. The van der Waals surface area contributed by atoms with Crippen LogP contribution in [0.3, 0.4) is 0 Å². The molecule has 36 heavy (non-hydrogen) atoms. The van der Waals surface area contributed by atoms with E-state index in [1.807, 2.05) is 43.3 Å². The summed E-state index contributed by atoms with van der Waals surface area (Å²) in [6.45, 7) is 2.15. The summed E-state index contributed by atoms with van der Waals surface area (Å²) in [6, 6.07) is 26.8. The average molecular weight is 541 g/mol. The number of rotatable bonds is 7. The maximum absolute atomic E-state index is 13.0. The van der Waals surface area contributed by atoms with Gasteiger partial charge in [0.2, 0.25) is 0 Å². The Morgan fingerprint density at radius 3 is 2.47 bits per heavy atom. The van der Waals surface area contributed by atoms with Gasteiger partial charge in [0, 0.05) is 10.2 Å².